The molecule has 1 aliphatic rings. The minimum absolute atomic E-state index is 0.0307. The van der Waals surface area contributed by atoms with Crippen molar-refractivity contribution in [3.8, 4) is 0 Å². The van der Waals surface area contributed by atoms with Gasteiger partial charge in [0, 0.05) is 24.9 Å². The summed E-state index contributed by atoms with van der Waals surface area (Å²) in [6.07, 6.45) is 1.56. The van der Waals surface area contributed by atoms with E-state index in [1.54, 1.807) is 11.8 Å². The minimum Gasteiger partial charge on any atom is -0.480 e. The molecule has 114 valence electrons. The maximum absolute atomic E-state index is 12.0. The second kappa shape index (κ2) is 7.26. The molecule has 1 heterocycles. The third-order valence-electron chi connectivity index (χ3n) is 3.69. The molecule has 6 heteroatoms. The molecule has 20 heavy (non-hydrogen) atoms. The predicted octanol–water partition coefficient (Wildman–Crippen LogP) is 0.860. The van der Waals surface area contributed by atoms with Crippen molar-refractivity contribution >= 4 is 17.8 Å². The number of likely N-dealkylation sites (tertiary alicyclic amines) is 1. The van der Waals surface area contributed by atoms with Crippen LogP contribution in [0, 0.1) is 11.8 Å². The van der Waals surface area contributed by atoms with Crippen LogP contribution in [0.2, 0.25) is 0 Å². The van der Waals surface area contributed by atoms with Gasteiger partial charge in [-0.3, -0.25) is 9.59 Å². The Balaban J connectivity index is 2.47. The number of nitrogens with zero attached hydrogens (tertiary/aromatic N) is 1. The van der Waals surface area contributed by atoms with Crippen molar-refractivity contribution in [1.82, 2.24) is 10.2 Å². The van der Waals surface area contributed by atoms with E-state index in [1.165, 1.54) is 0 Å². The summed E-state index contributed by atoms with van der Waals surface area (Å²) in [5.41, 5.74) is 0. The average molecular weight is 284 g/mol. The Morgan fingerprint density at radius 3 is 2.20 bits per heavy atom. The number of rotatable bonds is 5. The maximum Gasteiger partial charge on any atom is 0.326 e. The minimum atomic E-state index is -1.01. The number of carboxylic acid groups (broad SMARTS) is 1. The van der Waals surface area contributed by atoms with Gasteiger partial charge in [0.2, 0.25) is 11.8 Å². The Bertz CT molecular complexity index is 373. The summed E-state index contributed by atoms with van der Waals surface area (Å²) < 4.78 is 0. The molecular weight excluding hydrogens is 260 g/mol. The lowest BCUT2D eigenvalue weighted by Gasteiger charge is -2.32. The van der Waals surface area contributed by atoms with Gasteiger partial charge in [0.1, 0.15) is 6.04 Å². The van der Waals surface area contributed by atoms with Crippen LogP contribution in [0.3, 0.4) is 0 Å². The zero-order valence-corrected chi connectivity index (χ0v) is 12.4. The fourth-order valence-corrected chi connectivity index (χ4v) is 2.36. The summed E-state index contributed by atoms with van der Waals surface area (Å²) in [4.78, 5) is 36.5. The van der Waals surface area contributed by atoms with E-state index in [2.05, 4.69) is 5.32 Å². The van der Waals surface area contributed by atoms with Crippen LogP contribution in [0.25, 0.3) is 0 Å². The fourth-order valence-electron chi connectivity index (χ4n) is 2.36. The molecule has 0 radical (unpaired) electrons. The lowest BCUT2D eigenvalue weighted by Crippen LogP contribution is -2.47. The van der Waals surface area contributed by atoms with E-state index in [0.29, 0.717) is 32.4 Å². The first-order valence-corrected chi connectivity index (χ1v) is 7.18. The smallest absolute Gasteiger partial charge is 0.326 e. The van der Waals surface area contributed by atoms with Gasteiger partial charge >= 0.3 is 5.97 Å². The van der Waals surface area contributed by atoms with Gasteiger partial charge in [-0.25, -0.2) is 4.79 Å². The van der Waals surface area contributed by atoms with Gasteiger partial charge in [-0.2, -0.15) is 0 Å². The van der Waals surface area contributed by atoms with Gasteiger partial charge in [0.25, 0.3) is 0 Å². The van der Waals surface area contributed by atoms with E-state index < -0.39 is 12.0 Å². The zero-order chi connectivity index (χ0) is 15.3. The molecule has 0 aromatic heterocycles. The maximum atomic E-state index is 12.0. The third kappa shape index (κ3) is 4.21. The van der Waals surface area contributed by atoms with Crippen LogP contribution in [-0.2, 0) is 14.4 Å². The van der Waals surface area contributed by atoms with Crippen LogP contribution in [0.1, 0.15) is 40.0 Å². The summed E-state index contributed by atoms with van der Waals surface area (Å²) in [5, 5.41) is 11.5. The summed E-state index contributed by atoms with van der Waals surface area (Å²) in [6, 6.07) is -0.821. The van der Waals surface area contributed by atoms with Gasteiger partial charge in [0.15, 0.2) is 0 Å². The van der Waals surface area contributed by atoms with Gasteiger partial charge < -0.3 is 15.3 Å². The molecule has 2 N–H and O–H groups in total. The van der Waals surface area contributed by atoms with E-state index >= 15 is 0 Å². The first-order valence-electron chi connectivity index (χ1n) is 7.18. The molecule has 2 amide bonds. The van der Waals surface area contributed by atoms with E-state index in [-0.39, 0.29) is 23.7 Å². The van der Waals surface area contributed by atoms with E-state index in [0.717, 1.165) is 0 Å². The standard InChI is InChI=1S/C14H24N2O4/c1-4-11(14(19)20)15-12(17)10-5-7-16(8-6-10)13(18)9(2)3/h9-11H,4-8H2,1-3H3,(H,15,17)(H,19,20)/t11-/m0/s1. The Kier molecular flexibility index (Phi) is 5.98. The Labute approximate surface area is 119 Å². The highest BCUT2D eigenvalue weighted by Crippen LogP contribution is 2.19. The van der Waals surface area contributed by atoms with Crippen LogP contribution < -0.4 is 5.32 Å². The van der Waals surface area contributed by atoms with Crippen LogP contribution >= 0.6 is 0 Å². The molecule has 0 aromatic carbocycles. The summed E-state index contributed by atoms with van der Waals surface area (Å²) in [7, 11) is 0. The van der Waals surface area contributed by atoms with Crippen molar-refractivity contribution in [2.75, 3.05) is 13.1 Å². The number of amides is 2. The van der Waals surface area contributed by atoms with Crippen molar-refractivity contribution in [3.63, 3.8) is 0 Å². The SMILES string of the molecule is CC[C@H](NC(=O)C1CCN(C(=O)C(C)C)CC1)C(=O)O. The van der Waals surface area contributed by atoms with Crippen molar-refractivity contribution in [1.29, 1.82) is 0 Å². The topological polar surface area (TPSA) is 86.7 Å². The molecular formula is C14H24N2O4. The van der Waals surface area contributed by atoms with E-state index in [4.69, 9.17) is 5.11 Å². The normalized spacial score (nSPS) is 17.9. The quantitative estimate of drug-likeness (QED) is 0.784. The number of carboxylic acids is 1. The first-order chi connectivity index (χ1) is 9.36. The molecule has 0 aliphatic carbocycles. The number of nitrogens with one attached hydrogen (secondary N) is 1. The lowest BCUT2D eigenvalue weighted by molar-refractivity contribution is -0.143. The molecule has 0 unspecified atom stereocenters. The Morgan fingerprint density at radius 1 is 1.25 bits per heavy atom. The monoisotopic (exact) mass is 284 g/mol. The summed E-state index contributed by atoms with van der Waals surface area (Å²) in [5.74, 6) is -1.33. The highest BCUT2D eigenvalue weighted by atomic mass is 16.4. The van der Waals surface area contributed by atoms with Crippen LogP contribution in [-0.4, -0.2) is 46.9 Å². The van der Waals surface area contributed by atoms with Crippen LogP contribution in [0.4, 0.5) is 0 Å². The van der Waals surface area contributed by atoms with Gasteiger partial charge in [-0.1, -0.05) is 20.8 Å². The Hall–Kier alpha value is -1.59. The molecule has 1 aliphatic heterocycles. The molecule has 0 bridgehead atoms. The summed E-state index contributed by atoms with van der Waals surface area (Å²) in [6.45, 7) is 6.58. The summed E-state index contributed by atoms with van der Waals surface area (Å²) >= 11 is 0. The lowest BCUT2D eigenvalue weighted by atomic mass is 9.94. The second-order valence-electron chi connectivity index (χ2n) is 5.56. The van der Waals surface area contributed by atoms with Gasteiger partial charge in [-0.15, -0.1) is 0 Å². The molecule has 1 saturated heterocycles. The fraction of sp³-hybridized carbons (Fsp3) is 0.786. The number of hydrogen-bond donors (Lipinski definition) is 2. The zero-order valence-electron chi connectivity index (χ0n) is 12.4. The molecule has 0 spiro atoms. The Morgan fingerprint density at radius 2 is 1.80 bits per heavy atom. The van der Waals surface area contributed by atoms with Gasteiger partial charge in [0.05, 0.1) is 0 Å². The molecule has 0 aromatic rings. The van der Waals surface area contributed by atoms with E-state index in [9.17, 15) is 14.4 Å². The first kappa shape index (κ1) is 16.5. The second-order valence-corrected chi connectivity index (χ2v) is 5.56. The highest BCUT2D eigenvalue weighted by Gasteiger charge is 2.30. The molecule has 1 atom stereocenters. The molecule has 6 nitrogen and oxygen atoms in total. The number of aliphatic carboxylic acids is 1. The third-order valence-corrected chi connectivity index (χ3v) is 3.69. The van der Waals surface area contributed by atoms with E-state index in [1.807, 2.05) is 13.8 Å². The highest BCUT2D eigenvalue weighted by molar-refractivity contribution is 5.85. The number of carbonyl (C=O) groups is 3. The number of carbonyl (C=O) groups excluding carboxylic acids is 2. The average Bonchev–Trinajstić information content (AvgIpc) is 2.43. The number of hydrogen-bond acceptors (Lipinski definition) is 3. The van der Waals surface area contributed by atoms with Crippen molar-refractivity contribution < 1.29 is 19.5 Å². The van der Waals surface area contributed by atoms with Gasteiger partial charge in [-0.05, 0) is 19.3 Å². The largest absolute Gasteiger partial charge is 0.480 e. The molecule has 1 rings (SSSR count). The van der Waals surface area contributed by atoms with Crippen molar-refractivity contribution in [2.24, 2.45) is 11.8 Å². The van der Waals surface area contributed by atoms with Crippen molar-refractivity contribution in [2.45, 2.75) is 46.1 Å². The van der Waals surface area contributed by atoms with Crippen LogP contribution in [0.5, 0.6) is 0 Å². The number of piperidine rings is 1. The molecule has 1 fully saturated rings. The van der Waals surface area contributed by atoms with Crippen LogP contribution in [0.15, 0.2) is 0 Å². The predicted molar refractivity (Wildman–Crippen MR) is 74.0 cm³/mol. The molecule has 0 saturated carbocycles. The van der Waals surface area contributed by atoms with Crippen molar-refractivity contribution in [3.05, 3.63) is 0 Å².